The third-order valence-electron chi connectivity index (χ3n) is 3.66. The highest BCUT2D eigenvalue weighted by molar-refractivity contribution is 6.03. The standard InChI is InChI=1S/C16H15F3N4O3.C2HF3O2/c17-16(18,19)9-25-15-21-5-10(6-22-15)14(24)23-11-1-3-12(4-2-11)26-13-7-20-8-13;3-2(4,5)1(6)7/h1-6,13,20H,7-9H2,(H,23,24);(H,6,7). The zero-order valence-corrected chi connectivity index (χ0v) is 16.4. The van der Waals surface area contributed by atoms with Crippen LogP contribution in [-0.2, 0) is 4.79 Å². The average molecular weight is 482 g/mol. The summed E-state index contributed by atoms with van der Waals surface area (Å²) in [5, 5.41) is 12.9. The molecule has 9 nitrogen and oxygen atoms in total. The van der Waals surface area contributed by atoms with Crippen molar-refractivity contribution in [3.63, 3.8) is 0 Å². The summed E-state index contributed by atoms with van der Waals surface area (Å²) in [7, 11) is 0. The summed E-state index contributed by atoms with van der Waals surface area (Å²) in [6, 6.07) is 6.38. The minimum absolute atomic E-state index is 0.0882. The quantitative estimate of drug-likeness (QED) is 0.538. The van der Waals surface area contributed by atoms with Gasteiger partial charge < -0.3 is 25.2 Å². The molecule has 1 amide bonds. The second kappa shape index (κ2) is 10.8. The molecule has 1 aromatic heterocycles. The van der Waals surface area contributed by atoms with Crippen molar-refractivity contribution in [2.45, 2.75) is 18.5 Å². The third kappa shape index (κ3) is 9.18. The first-order valence-corrected chi connectivity index (χ1v) is 8.94. The first kappa shape index (κ1) is 25.6. The molecule has 1 saturated heterocycles. The van der Waals surface area contributed by atoms with E-state index in [2.05, 4.69) is 25.3 Å². The van der Waals surface area contributed by atoms with Crippen LogP contribution in [0.1, 0.15) is 10.4 Å². The Morgan fingerprint density at radius 2 is 1.61 bits per heavy atom. The van der Waals surface area contributed by atoms with E-state index in [9.17, 15) is 31.1 Å². The molecule has 2 heterocycles. The number of halogens is 6. The maximum absolute atomic E-state index is 12.1. The van der Waals surface area contributed by atoms with Crippen molar-refractivity contribution in [1.29, 1.82) is 0 Å². The van der Waals surface area contributed by atoms with Crippen molar-refractivity contribution in [3.8, 4) is 11.8 Å². The van der Waals surface area contributed by atoms with Gasteiger partial charge in [-0.05, 0) is 24.3 Å². The molecule has 0 saturated carbocycles. The minimum Gasteiger partial charge on any atom is -0.488 e. The summed E-state index contributed by atoms with van der Waals surface area (Å²) in [6.45, 7) is 0.117. The Morgan fingerprint density at radius 3 is 2.03 bits per heavy atom. The molecule has 0 atom stereocenters. The smallest absolute Gasteiger partial charge is 0.488 e. The van der Waals surface area contributed by atoms with E-state index in [1.54, 1.807) is 24.3 Å². The summed E-state index contributed by atoms with van der Waals surface area (Å²) in [6.07, 6.45) is -7.22. The van der Waals surface area contributed by atoms with Gasteiger partial charge in [0, 0.05) is 31.2 Å². The van der Waals surface area contributed by atoms with Crippen LogP contribution >= 0.6 is 0 Å². The molecule has 0 radical (unpaired) electrons. The number of carbonyl (C=O) groups excluding carboxylic acids is 1. The number of nitrogens with zero attached hydrogens (tertiary/aromatic N) is 2. The fraction of sp³-hybridized carbons (Fsp3) is 0.333. The van der Waals surface area contributed by atoms with Gasteiger partial charge in [-0.3, -0.25) is 4.79 Å². The van der Waals surface area contributed by atoms with Gasteiger partial charge in [-0.2, -0.15) is 26.3 Å². The maximum atomic E-state index is 12.1. The van der Waals surface area contributed by atoms with Crippen LogP contribution in [0.2, 0.25) is 0 Å². The summed E-state index contributed by atoms with van der Waals surface area (Å²) in [4.78, 5) is 28.2. The second-order valence-corrected chi connectivity index (χ2v) is 6.34. The third-order valence-corrected chi connectivity index (χ3v) is 3.66. The fourth-order valence-corrected chi connectivity index (χ4v) is 2.01. The van der Waals surface area contributed by atoms with Crippen molar-refractivity contribution < 1.29 is 50.5 Å². The number of benzene rings is 1. The lowest BCUT2D eigenvalue weighted by Crippen LogP contribution is -2.50. The Balaban J connectivity index is 0.000000479. The van der Waals surface area contributed by atoms with E-state index in [1.807, 2.05) is 0 Å². The zero-order chi connectivity index (χ0) is 24.6. The van der Waals surface area contributed by atoms with Gasteiger partial charge in [-0.1, -0.05) is 0 Å². The minimum atomic E-state index is -5.08. The van der Waals surface area contributed by atoms with Crippen LogP contribution in [-0.4, -0.2) is 65.1 Å². The summed E-state index contributed by atoms with van der Waals surface area (Å²) in [5.74, 6) is -2.55. The van der Waals surface area contributed by atoms with E-state index in [0.717, 1.165) is 25.5 Å². The van der Waals surface area contributed by atoms with Crippen molar-refractivity contribution in [2.24, 2.45) is 0 Å². The first-order chi connectivity index (χ1) is 15.3. The second-order valence-electron chi connectivity index (χ2n) is 6.34. The number of amides is 1. The summed E-state index contributed by atoms with van der Waals surface area (Å²) in [5.41, 5.74) is 0.622. The van der Waals surface area contributed by atoms with Gasteiger partial charge in [-0.15, -0.1) is 0 Å². The highest BCUT2D eigenvalue weighted by atomic mass is 19.4. The number of nitrogens with one attached hydrogen (secondary N) is 2. The molecule has 1 aliphatic rings. The molecule has 3 rings (SSSR count). The van der Waals surface area contributed by atoms with Crippen LogP contribution in [0.5, 0.6) is 11.8 Å². The molecular formula is C18H16F6N4O5. The van der Waals surface area contributed by atoms with Crippen molar-refractivity contribution >= 4 is 17.6 Å². The molecule has 1 aromatic carbocycles. The van der Waals surface area contributed by atoms with E-state index in [1.165, 1.54) is 0 Å². The van der Waals surface area contributed by atoms with Crippen molar-refractivity contribution in [2.75, 3.05) is 25.0 Å². The molecule has 2 aromatic rings. The molecule has 0 spiro atoms. The highest BCUT2D eigenvalue weighted by Gasteiger charge is 2.38. The molecule has 15 heteroatoms. The van der Waals surface area contributed by atoms with Gasteiger partial charge in [0.05, 0.1) is 5.56 Å². The van der Waals surface area contributed by atoms with Gasteiger partial charge in [0.15, 0.2) is 6.61 Å². The lowest BCUT2D eigenvalue weighted by molar-refractivity contribution is -0.192. The number of anilines is 1. The summed E-state index contributed by atoms with van der Waals surface area (Å²) >= 11 is 0. The lowest BCUT2D eigenvalue weighted by atomic mass is 10.2. The van der Waals surface area contributed by atoms with E-state index in [4.69, 9.17) is 14.6 Å². The number of alkyl halides is 6. The normalized spacial score (nSPS) is 13.8. The van der Waals surface area contributed by atoms with Crippen LogP contribution in [0.4, 0.5) is 32.0 Å². The molecule has 1 aliphatic heterocycles. The van der Waals surface area contributed by atoms with E-state index >= 15 is 0 Å². The highest BCUT2D eigenvalue weighted by Crippen LogP contribution is 2.19. The Hall–Kier alpha value is -3.62. The largest absolute Gasteiger partial charge is 0.490 e. The molecular weight excluding hydrogens is 466 g/mol. The number of carbonyl (C=O) groups is 2. The fourth-order valence-electron chi connectivity index (χ4n) is 2.01. The van der Waals surface area contributed by atoms with Crippen LogP contribution in [0.25, 0.3) is 0 Å². The van der Waals surface area contributed by atoms with Crippen molar-refractivity contribution in [3.05, 3.63) is 42.2 Å². The molecule has 180 valence electrons. The number of aromatic nitrogens is 2. The number of rotatable bonds is 6. The monoisotopic (exact) mass is 482 g/mol. The molecule has 0 unspecified atom stereocenters. The number of aliphatic carboxylic acids is 1. The number of carboxylic acids is 1. The maximum Gasteiger partial charge on any atom is 0.490 e. The predicted molar refractivity (Wildman–Crippen MR) is 99.0 cm³/mol. The first-order valence-electron chi connectivity index (χ1n) is 8.94. The van der Waals surface area contributed by atoms with E-state index in [-0.39, 0.29) is 11.7 Å². The number of hydrogen-bond acceptors (Lipinski definition) is 7. The predicted octanol–water partition coefficient (Wildman–Crippen LogP) is 2.65. The number of ether oxygens (including phenoxy) is 2. The van der Waals surface area contributed by atoms with Crippen LogP contribution in [0.3, 0.4) is 0 Å². The SMILES string of the molecule is O=C(Nc1ccc(OC2CNC2)cc1)c1cnc(OCC(F)(F)F)nc1.O=C(O)C(F)(F)F. The van der Waals surface area contributed by atoms with Gasteiger partial charge >= 0.3 is 24.3 Å². The summed E-state index contributed by atoms with van der Waals surface area (Å²) < 4.78 is 78.0. The van der Waals surface area contributed by atoms with Crippen LogP contribution in [0, 0.1) is 0 Å². The topological polar surface area (TPSA) is 123 Å². The van der Waals surface area contributed by atoms with Crippen molar-refractivity contribution in [1.82, 2.24) is 15.3 Å². The molecule has 1 fully saturated rings. The Labute approximate surface area is 181 Å². The molecule has 3 N–H and O–H groups in total. The van der Waals surface area contributed by atoms with Gasteiger partial charge in [0.2, 0.25) is 0 Å². The van der Waals surface area contributed by atoms with Crippen LogP contribution in [0.15, 0.2) is 36.7 Å². The molecule has 0 bridgehead atoms. The van der Waals surface area contributed by atoms with Gasteiger partial charge in [-0.25, -0.2) is 14.8 Å². The zero-order valence-electron chi connectivity index (χ0n) is 16.4. The number of carboxylic acid groups (broad SMARTS) is 1. The van der Waals surface area contributed by atoms with E-state index in [0.29, 0.717) is 11.4 Å². The van der Waals surface area contributed by atoms with Crippen LogP contribution < -0.4 is 20.1 Å². The molecule has 33 heavy (non-hydrogen) atoms. The molecule has 0 aliphatic carbocycles. The number of hydrogen-bond donors (Lipinski definition) is 3. The van der Waals surface area contributed by atoms with E-state index < -0.39 is 36.8 Å². The lowest BCUT2D eigenvalue weighted by Gasteiger charge is -2.27. The Bertz CT molecular complexity index is 931. The van der Waals surface area contributed by atoms with Gasteiger partial charge in [0.25, 0.3) is 5.91 Å². The van der Waals surface area contributed by atoms with Gasteiger partial charge in [0.1, 0.15) is 11.9 Å². The Kier molecular flexibility index (Phi) is 8.39. The Morgan fingerprint density at radius 1 is 1.06 bits per heavy atom. The average Bonchev–Trinajstić information content (AvgIpc) is 2.70.